The summed E-state index contributed by atoms with van der Waals surface area (Å²) in [6, 6.07) is 19.6. The highest BCUT2D eigenvalue weighted by Crippen LogP contribution is 2.38. The first kappa shape index (κ1) is 21.8. The molecule has 0 saturated carbocycles. The summed E-state index contributed by atoms with van der Waals surface area (Å²) in [7, 11) is 0. The number of rotatable bonds is 6. The molecule has 0 N–H and O–H groups in total. The number of nitrogens with zero attached hydrogens (tertiary/aromatic N) is 4. The van der Waals surface area contributed by atoms with Crippen molar-refractivity contribution in [1.82, 2.24) is 19.7 Å². The van der Waals surface area contributed by atoms with Crippen LogP contribution in [0.25, 0.3) is 17.3 Å². The average molecular weight is 489 g/mol. The Balaban J connectivity index is 1.22. The standard InChI is InChI=1S/C26H24N4O4S/c31-24(29-12-4-8-20(29)18-10-11-21-23(16-18)34-15-14-33-21)17-35-26-28-27-25(22-9-5-13-32-22)30(26)19-6-2-1-3-7-19/h1-3,5-7,9-11,13,16,20H,4,8,12,14-15,17H2. The van der Waals surface area contributed by atoms with Crippen molar-refractivity contribution in [3.8, 4) is 28.8 Å². The number of hydrogen-bond acceptors (Lipinski definition) is 7. The fourth-order valence-electron chi connectivity index (χ4n) is 4.63. The van der Waals surface area contributed by atoms with Crippen LogP contribution in [0.15, 0.2) is 76.5 Å². The lowest BCUT2D eigenvalue weighted by molar-refractivity contribution is -0.129. The van der Waals surface area contributed by atoms with Gasteiger partial charge < -0.3 is 18.8 Å². The van der Waals surface area contributed by atoms with Crippen LogP contribution in [-0.4, -0.2) is 51.1 Å². The number of para-hydroxylation sites is 1. The Morgan fingerprint density at radius 3 is 2.69 bits per heavy atom. The van der Waals surface area contributed by atoms with Crippen LogP contribution in [0.1, 0.15) is 24.4 Å². The zero-order chi connectivity index (χ0) is 23.6. The summed E-state index contributed by atoms with van der Waals surface area (Å²) in [4.78, 5) is 15.3. The molecule has 0 radical (unpaired) electrons. The van der Waals surface area contributed by atoms with Crippen molar-refractivity contribution in [1.29, 1.82) is 0 Å². The van der Waals surface area contributed by atoms with E-state index in [0.29, 0.717) is 30.0 Å². The highest BCUT2D eigenvalue weighted by Gasteiger charge is 2.31. The van der Waals surface area contributed by atoms with E-state index in [2.05, 4.69) is 10.2 Å². The number of thioether (sulfide) groups is 1. The Hall–Kier alpha value is -3.72. The van der Waals surface area contributed by atoms with Gasteiger partial charge in [0.2, 0.25) is 11.7 Å². The molecule has 2 aliphatic rings. The second kappa shape index (κ2) is 9.50. The summed E-state index contributed by atoms with van der Waals surface area (Å²) in [5, 5.41) is 9.39. The molecule has 0 bridgehead atoms. The molecule has 2 aromatic heterocycles. The molecule has 6 rings (SSSR count). The van der Waals surface area contributed by atoms with Crippen LogP contribution < -0.4 is 9.47 Å². The second-order valence-corrected chi connectivity index (χ2v) is 9.33. The molecular formula is C26H24N4O4S. The minimum atomic E-state index is 0.0320. The summed E-state index contributed by atoms with van der Waals surface area (Å²) in [5.74, 6) is 3.09. The highest BCUT2D eigenvalue weighted by molar-refractivity contribution is 7.99. The summed E-state index contributed by atoms with van der Waals surface area (Å²) in [6.07, 6.45) is 3.51. The number of carbonyl (C=O) groups is 1. The summed E-state index contributed by atoms with van der Waals surface area (Å²) in [5.41, 5.74) is 1.99. The van der Waals surface area contributed by atoms with E-state index < -0.39 is 0 Å². The minimum Gasteiger partial charge on any atom is -0.486 e. The quantitative estimate of drug-likeness (QED) is 0.362. The Bertz CT molecular complexity index is 1320. The predicted molar refractivity (Wildman–Crippen MR) is 131 cm³/mol. The van der Waals surface area contributed by atoms with E-state index in [9.17, 15) is 4.79 Å². The molecule has 2 aliphatic heterocycles. The largest absolute Gasteiger partial charge is 0.486 e. The Kier molecular flexibility index (Phi) is 5.91. The zero-order valence-corrected chi connectivity index (χ0v) is 19.8. The smallest absolute Gasteiger partial charge is 0.233 e. The lowest BCUT2D eigenvalue weighted by Crippen LogP contribution is -2.32. The molecule has 9 heteroatoms. The first-order valence-corrected chi connectivity index (χ1v) is 12.6. The number of carbonyl (C=O) groups excluding carboxylic acids is 1. The Morgan fingerprint density at radius 2 is 1.86 bits per heavy atom. The number of benzene rings is 2. The number of ether oxygens (including phenoxy) is 2. The van der Waals surface area contributed by atoms with Crippen molar-refractivity contribution in [2.75, 3.05) is 25.5 Å². The highest BCUT2D eigenvalue weighted by atomic mass is 32.2. The van der Waals surface area contributed by atoms with Gasteiger partial charge in [-0.25, -0.2) is 0 Å². The van der Waals surface area contributed by atoms with Gasteiger partial charge in [0.05, 0.1) is 18.1 Å². The van der Waals surface area contributed by atoms with Gasteiger partial charge in [-0.1, -0.05) is 36.0 Å². The first-order valence-electron chi connectivity index (χ1n) is 11.6. The monoisotopic (exact) mass is 488 g/mol. The third-order valence-corrected chi connectivity index (χ3v) is 7.15. The molecule has 0 spiro atoms. The van der Waals surface area contributed by atoms with E-state index in [1.54, 1.807) is 6.26 Å². The number of aromatic nitrogens is 3. The third-order valence-electron chi connectivity index (χ3n) is 6.24. The fourth-order valence-corrected chi connectivity index (χ4v) is 5.46. The topological polar surface area (TPSA) is 82.6 Å². The summed E-state index contributed by atoms with van der Waals surface area (Å²) < 4.78 is 18.9. The van der Waals surface area contributed by atoms with E-state index in [1.165, 1.54) is 11.8 Å². The van der Waals surface area contributed by atoms with Crippen LogP contribution in [0.2, 0.25) is 0 Å². The lowest BCUT2D eigenvalue weighted by Gasteiger charge is -2.26. The number of likely N-dealkylation sites (tertiary alicyclic amines) is 1. The van der Waals surface area contributed by atoms with E-state index >= 15 is 0 Å². The maximum Gasteiger partial charge on any atom is 0.233 e. The number of furan rings is 1. The maximum atomic E-state index is 13.3. The second-order valence-electron chi connectivity index (χ2n) is 8.39. The van der Waals surface area contributed by atoms with Crippen LogP contribution in [-0.2, 0) is 4.79 Å². The Morgan fingerprint density at radius 1 is 1.00 bits per heavy atom. The van der Waals surface area contributed by atoms with Crippen molar-refractivity contribution < 1.29 is 18.7 Å². The predicted octanol–water partition coefficient (Wildman–Crippen LogP) is 4.75. The molecule has 1 atom stereocenters. The molecular weight excluding hydrogens is 464 g/mol. The van der Waals surface area contributed by atoms with Crippen LogP contribution in [0.4, 0.5) is 0 Å². The van der Waals surface area contributed by atoms with Gasteiger partial charge in [0.25, 0.3) is 0 Å². The SMILES string of the molecule is O=C(CSc1nnc(-c2ccco2)n1-c1ccccc1)N1CCCC1c1ccc2c(c1)OCCO2. The molecule has 8 nitrogen and oxygen atoms in total. The zero-order valence-electron chi connectivity index (χ0n) is 19.0. The van der Waals surface area contributed by atoms with Gasteiger partial charge in [-0.2, -0.15) is 0 Å². The third kappa shape index (κ3) is 4.27. The molecule has 0 aliphatic carbocycles. The van der Waals surface area contributed by atoms with Gasteiger partial charge in [0.1, 0.15) is 13.2 Å². The molecule has 2 aromatic carbocycles. The van der Waals surface area contributed by atoms with E-state index in [1.807, 2.05) is 70.1 Å². The molecule has 1 unspecified atom stereocenters. The number of hydrogen-bond donors (Lipinski definition) is 0. The molecule has 4 heterocycles. The molecule has 1 saturated heterocycles. The van der Waals surface area contributed by atoms with Gasteiger partial charge in [-0.15, -0.1) is 10.2 Å². The van der Waals surface area contributed by atoms with Crippen molar-refractivity contribution in [2.24, 2.45) is 0 Å². The van der Waals surface area contributed by atoms with Gasteiger partial charge >= 0.3 is 0 Å². The lowest BCUT2D eigenvalue weighted by atomic mass is 10.0. The van der Waals surface area contributed by atoms with Crippen molar-refractivity contribution in [2.45, 2.75) is 24.0 Å². The number of amides is 1. The molecule has 4 aromatic rings. The molecule has 1 amide bonds. The van der Waals surface area contributed by atoms with Gasteiger partial charge in [0.15, 0.2) is 22.4 Å². The molecule has 178 valence electrons. The van der Waals surface area contributed by atoms with Crippen LogP contribution in [0.3, 0.4) is 0 Å². The number of fused-ring (bicyclic) bond motifs is 1. The van der Waals surface area contributed by atoms with Gasteiger partial charge in [-0.3, -0.25) is 9.36 Å². The van der Waals surface area contributed by atoms with E-state index in [0.717, 1.165) is 42.1 Å². The van der Waals surface area contributed by atoms with Crippen LogP contribution in [0, 0.1) is 0 Å². The van der Waals surface area contributed by atoms with E-state index in [4.69, 9.17) is 13.9 Å². The summed E-state index contributed by atoms with van der Waals surface area (Å²) in [6.45, 7) is 1.84. The van der Waals surface area contributed by atoms with Crippen molar-refractivity contribution in [3.05, 3.63) is 72.5 Å². The molecule has 35 heavy (non-hydrogen) atoms. The van der Waals surface area contributed by atoms with Crippen LogP contribution >= 0.6 is 11.8 Å². The summed E-state index contributed by atoms with van der Waals surface area (Å²) >= 11 is 1.39. The Labute approximate surface area is 206 Å². The molecule has 1 fully saturated rings. The van der Waals surface area contributed by atoms with Crippen molar-refractivity contribution in [3.63, 3.8) is 0 Å². The first-order chi connectivity index (χ1) is 17.3. The van der Waals surface area contributed by atoms with Gasteiger partial charge in [0, 0.05) is 12.2 Å². The maximum absolute atomic E-state index is 13.3. The normalized spacial score (nSPS) is 17.0. The fraction of sp³-hybridized carbons (Fsp3) is 0.269. The van der Waals surface area contributed by atoms with E-state index in [-0.39, 0.29) is 17.7 Å². The average Bonchev–Trinajstić information content (AvgIpc) is 3.68. The van der Waals surface area contributed by atoms with Gasteiger partial charge in [-0.05, 0) is 54.8 Å². The van der Waals surface area contributed by atoms with Crippen LogP contribution in [0.5, 0.6) is 11.5 Å². The minimum absolute atomic E-state index is 0.0320. The van der Waals surface area contributed by atoms with Crippen molar-refractivity contribution >= 4 is 17.7 Å².